The number of unbranched alkanes of at least 4 members (excludes halogenated alkanes) is 4. The van der Waals surface area contributed by atoms with Crippen molar-refractivity contribution in [1.29, 1.82) is 0 Å². The van der Waals surface area contributed by atoms with Crippen molar-refractivity contribution in [3.8, 4) is 0 Å². The normalized spacial score (nSPS) is 11.5. The molecule has 0 radical (unpaired) electrons. The molecule has 1 rings (SSSR count). The van der Waals surface area contributed by atoms with Crippen LogP contribution in [0.25, 0.3) is 10.4 Å². The maximum absolute atomic E-state index is 12.2. The minimum absolute atomic E-state index is 0.0711. The van der Waals surface area contributed by atoms with Crippen molar-refractivity contribution in [2.45, 2.75) is 85.6 Å². The molecule has 0 N–H and O–H groups in total. The third-order valence-electron chi connectivity index (χ3n) is 5.62. The van der Waals surface area contributed by atoms with Gasteiger partial charge in [-0.25, -0.2) is 0 Å². The fourth-order valence-electron chi connectivity index (χ4n) is 3.60. The molecular weight excluding hydrogens is 400 g/mol. The van der Waals surface area contributed by atoms with Crippen LogP contribution in [0.2, 0.25) is 0 Å². The smallest absolute Gasteiger partial charge is 0.445 e. The molecule has 0 heterocycles. The molecule has 0 aliphatic carbocycles. The average Bonchev–Trinajstić information content (AvgIpc) is 2.77. The Hall–Kier alpha value is -1.66. The highest BCUT2D eigenvalue weighted by Gasteiger charge is 2.25. The Labute approximate surface area is 187 Å². The lowest BCUT2D eigenvalue weighted by atomic mass is 9.80. The van der Waals surface area contributed by atoms with Crippen LogP contribution in [0.3, 0.4) is 0 Å². The summed E-state index contributed by atoms with van der Waals surface area (Å²) < 4.78 is 37.9. The second-order valence-corrected chi connectivity index (χ2v) is 8.36. The molecule has 0 aliphatic rings. The molecular formula is C23H42BF3N4. The predicted molar refractivity (Wildman–Crippen MR) is 127 cm³/mol. The first-order valence-corrected chi connectivity index (χ1v) is 11.9. The largest absolute Gasteiger partial charge is 0.509 e. The van der Waals surface area contributed by atoms with Crippen LogP contribution in [0.1, 0.15) is 84.6 Å². The first-order valence-electron chi connectivity index (χ1n) is 11.9. The Morgan fingerprint density at radius 1 is 0.774 bits per heavy atom. The molecule has 0 bridgehead atoms. The summed E-state index contributed by atoms with van der Waals surface area (Å²) in [5, 5.41) is 3.24. The standard InChI is InChI=1S/C16H36N.C7H6BF3N3/c1-5-9-13-17(14-10-6-2,15-11-7-3)16-12-8-4;9-8(10,11)7-3-1-6(2-4-7)5-13-14-12/h5-16H2,1-4H3;1-4H,5H2/q+1;-1. The lowest BCUT2D eigenvalue weighted by molar-refractivity contribution is -0.929. The van der Waals surface area contributed by atoms with E-state index >= 15 is 0 Å². The van der Waals surface area contributed by atoms with Gasteiger partial charge >= 0.3 is 6.98 Å². The summed E-state index contributed by atoms with van der Waals surface area (Å²) in [5.74, 6) is 0. The van der Waals surface area contributed by atoms with Gasteiger partial charge in [0.05, 0.1) is 32.7 Å². The Balaban J connectivity index is 0.000000590. The fourth-order valence-corrected chi connectivity index (χ4v) is 3.60. The molecule has 1 aromatic carbocycles. The molecule has 178 valence electrons. The van der Waals surface area contributed by atoms with Crippen LogP contribution in [0, 0.1) is 0 Å². The number of hydrogen-bond donors (Lipinski definition) is 0. The zero-order valence-electron chi connectivity index (χ0n) is 20.0. The van der Waals surface area contributed by atoms with Gasteiger partial charge in [0.2, 0.25) is 0 Å². The molecule has 0 unspecified atom stereocenters. The van der Waals surface area contributed by atoms with Crippen LogP contribution in [-0.2, 0) is 6.54 Å². The van der Waals surface area contributed by atoms with Gasteiger partial charge < -0.3 is 17.4 Å². The molecule has 0 saturated carbocycles. The van der Waals surface area contributed by atoms with E-state index in [4.69, 9.17) is 5.53 Å². The molecule has 8 heteroatoms. The van der Waals surface area contributed by atoms with Gasteiger partial charge in [-0.3, -0.25) is 0 Å². The number of nitrogens with zero attached hydrogens (tertiary/aromatic N) is 4. The van der Waals surface area contributed by atoms with Crippen molar-refractivity contribution in [3.05, 3.63) is 40.3 Å². The maximum Gasteiger partial charge on any atom is 0.509 e. The fraction of sp³-hybridized carbons (Fsp3) is 0.739. The van der Waals surface area contributed by atoms with Crippen LogP contribution in [0.4, 0.5) is 12.9 Å². The summed E-state index contributed by atoms with van der Waals surface area (Å²) in [6.07, 6.45) is 11.1. The highest BCUT2D eigenvalue weighted by molar-refractivity contribution is 6.73. The quantitative estimate of drug-likeness (QED) is 0.0885. The Kier molecular flexibility index (Phi) is 16.1. The van der Waals surface area contributed by atoms with E-state index in [1.165, 1.54) is 94.2 Å². The van der Waals surface area contributed by atoms with E-state index in [1.54, 1.807) is 0 Å². The van der Waals surface area contributed by atoms with Crippen molar-refractivity contribution in [2.75, 3.05) is 26.2 Å². The van der Waals surface area contributed by atoms with E-state index in [2.05, 4.69) is 37.7 Å². The van der Waals surface area contributed by atoms with Gasteiger partial charge in [-0.1, -0.05) is 82.8 Å². The summed E-state index contributed by atoms with van der Waals surface area (Å²) in [6.45, 7) is 10.2. The summed E-state index contributed by atoms with van der Waals surface area (Å²) in [7, 11) is 0. The number of quaternary nitrogens is 1. The first-order chi connectivity index (χ1) is 14.8. The van der Waals surface area contributed by atoms with Gasteiger partial charge in [0.15, 0.2) is 0 Å². The molecule has 4 nitrogen and oxygen atoms in total. The number of rotatable bonds is 15. The van der Waals surface area contributed by atoms with Gasteiger partial charge in [-0.05, 0) is 36.8 Å². The van der Waals surface area contributed by atoms with Crippen LogP contribution in [-0.4, -0.2) is 37.6 Å². The monoisotopic (exact) mass is 442 g/mol. The van der Waals surface area contributed by atoms with E-state index in [9.17, 15) is 12.9 Å². The number of hydrogen-bond acceptors (Lipinski definition) is 1. The molecule has 0 spiro atoms. The van der Waals surface area contributed by atoms with Gasteiger partial charge in [-0.2, -0.15) is 0 Å². The minimum Gasteiger partial charge on any atom is -0.445 e. The van der Waals surface area contributed by atoms with Crippen LogP contribution in [0.5, 0.6) is 0 Å². The molecule has 0 aliphatic heterocycles. The van der Waals surface area contributed by atoms with Crippen molar-refractivity contribution in [2.24, 2.45) is 5.11 Å². The van der Waals surface area contributed by atoms with Crippen molar-refractivity contribution in [3.63, 3.8) is 0 Å². The number of azide groups is 1. The molecule has 0 aromatic heterocycles. The van der Waals surface area contributed by atoms with Crippen molar-refractivity contribution in [1.82, 2.24) is 0 Å². The summed E-state index contributed by atoms with van der Waals surface area (Å²) in [6, 6.07) is 4.59. The predicted octanol–water partition coefficient (Wildman–Crippen LogP) is 7.55. The Bertz CT molecular complexity index is 577. The van der Waals surface area contributed by atoms with Crippen LogP contribution in [0.15, 0.2) is 29.4 Å². The second kappa shape index (κ2) is 17.0. The van der Waals surface area contributed by atoms with Crippen molar-refractivity contribution >= 4 is 12.4 Å². The molecule has 0 saturated heterocycles. The molecule has 0 fully saturated rings. The average molecular weight is 442 g/mol. The van der Waals surface area contributed by atoms with Crippen LogP contribution >= 0.6 is 0 Å². The summed E-state index contributed by atoms with van der Waals surface area (Å²) in [5.41, 5.74) is 7.91. The molecule has 1 aromatic rings. The van der Waals surface area contributed by atoms with Crippen molar-refractivity contribution < 1.29 is 17.4 Å². The van der Waals surface area contributed by atoms with E-state index in [0.717, 1.165) is 12.1 Å². The first kappa shape index (κ1) is 29.3. The zero-order chi connectivity index (χ0) is 23.6. The summed E-state index contributed by atoms with van der Waals surface area (Å²) in [4.78, 5) is 2.51. The van der Waals surface area contributed by atoms with Gasteiger partial charge in [0.25, 0.3) is 0 Å². The highest BCUT2D eigenvalue weighted by Crippen LogP contribution is 2.16. The third kappa shape index (κ3) is 13.4. The van der Waals surface area contributed by atoms with E-state index in [-0.39, 0.29) is 6.54 Å². The number of halogens is 3. The topological polar surface area (TPSA) is 48.8 Å². The SMILES string of the molecule is CCCC[N+](CCCC)(CCCC)CCCC.[N-]=[N+]=NCc1ccc([B-](F)(F)F)cc1. The molecule has 31 heavy (non-hydrogen) atoms. The third-order valence-corrected chi connectivity index (χ3v) is 5.62. The number of benzene rings is 1. The Morgan fingerprint density at radius 3 is 1.45 bits per heavy atom. The Morgan fingerprint density at radius 2 is 1.16 bits per heavy atom. The lowest BCUT2D eigenvalue weighted by Gasteiger charge is -2.39. The molecule has 0 atom stereocenters. The van der Waals surface area contributed by atoms with Crippen LogP contribution < -0.4 is 5.46 Å². The van der Waals surface area contributed by atoms with E-state index in [0.29, 0.717) is 5.56 Å². The van der Waals surface area contributed by atoms with Gasteiger partial charge in [0.1, 0.15) is 0 Å². The summed E-state index contributed by atoms with van der Waals surface area (Å²) >= 11 is 0. The van der Waals surface area contributed by atoms with E-state index in [1.807, 2.05) is 0 Å². The van der Waals surface area contributed by atoms with E-state index < -0.39 is 12.4 Å². The molecule has 0 amide bonds. The zero-order valence-corrected chi connectivity index (χ0v) is 20.0. The van der Waals surface area contributed by atoms with Gasteiger partial charge in [-0.15, -0.1) is 5.46 Å². The lowest BCUT2D eigenvalue weighted by Crippen LogP contribution is -2.50. The van der Waals surface area contributed by atoms with Gasteiger partial charge in [0, 0.05) is 4.91 Å². The minimum atomic E-state index is -4.94. The highest BCUT2D eigenvalue weighted by atomic mass is 19.4. The second-order valence-electron chi connectivity index (χ2n) is 8.36. The maximum atomic E-state index is 12.2.